The van der Waals surface area contributed by atoms with Crippen LogP contribution in [0.1, 0.15) is 62.5 Å². The molecule has 21 heavy (non-hydrogen) atoms. The number of fused-ring (bicyclic) bond motifs is 3. The van der Waals surface area contributed by atoms with E-state index in [1.807, 2.05) is 4.68 Å². The summed E-state index contributed by atoms with van der Waals surface area (Å²) >= 11 is 0. The van der Waals surface area contributed by atoms with Gasteiger partial charge in [0.15, 0.2) is 5.69 Å². The average molecular weight is 288 g/mol. The number of carbonyl (C=O) groups excluding carboxylic acids is 1. The number of piperidine rings is 1. The molecule has 5 nitrogen and oxygen atoms in total. The molecule has 4 heterocycles. The van der Waals surface area contributed by atoms with Crippen molar-refractivity contribution < 1.29 is 4.79 Å². The van der Waals surface area contributed by atoms with E-state index in [-0.39, 0.29) is 17.0 Å². The molecule has 0 aliphatic carbocycles. The first kappa shape index (κ1) is 13.3. The van der Waals surface area contributed by atoms with Crippen LogP contribution in [-0.2, 0) is 12.0 Å². The second-order valence-electron chi connectivity index (χ2n) is 8.08. The highest BCUT2D eigenvalue weighted by Crippen LogP contribution is 2.39. The quantitative estimate of drug-likeness (QED) is 0.762. The maximum Gasteiger partial charge on any atom is 0.272 e. The Morgan fingerprint density at radius 1 is 1.29 bits per heavy atom. The highest BCUT2D eigenvalue weighted by molar-refractivity contribution is 5.95. The Hall–Kier alpha value is -1.36. The van der Waals surface area contributed by atoms with Crippen LogP contribution in [0.15, 0.2) is 6.20 Å². The molecule has 2 bridgehead atoms. The van der Waals surface area contributed by atoms with E-state index in [2.05, 4.69) is 42.7 Å². The van der Waals surface area contributed by atoms with Crippen LogP contribution in [0.4, 0.5) is 0 Å². The molecule has 114 valence electrons. The van der Waals surface area contributed by atoms with E-state index in [1.54, 1.807) is 0 Å². The monoisotopic (exact) mass is 288 g/mol. The molecule has 3 aliphatic rings. The minimum Gasteiger partial charge on any atom is -0.345 e. The van der Waals surface area contributed by atoms with E-state index in [0.717, 1.165) is 24.8 Å². The average Bonchev–Trinajstić information content (AvgIpc) is 2.92. The number of nitrogens with zero attached hydrogens (tertiary/aromatic N) is 2. The Morgan fingerprint density at radius 2 is 1.95 bits per heavy atom. The van der Waals surface area contributed by atoms with E-state index in [9.17, 15) is 4.79 Å². The van der Waals surface area contributed by atoms with Crippen LogP contribution in [0.2, 0.25) is 0 Å². The molecule has 5 heteroatoms. The summed E-state index contributed by atoms with van der Waals surface area (Å²) in [6.45, 7) is 6.34. The molecule has 3 aliphatic heterocycles. The number of rotatable bonds is 0. The van der Waals surface area contributed by atoms with Crippen molar-refractivity contribution in [1.29, 1.82) is 0 Å². The second kappa shape index (κ2) is 4.09. The summed E-state index contributed by atoms with van der Waals surface area (Å²) < 4.78 is 1.94. The molecule has 0 aromatic carbocycles. The lowest BCUT2D eigenvalue weighted by Gasteiger charge is -2.43. The third-order valence-electron chi connectivity index (χ3n) is 5.21. The predicted molar refractivity (Wildman–Crippen MR) is 80.3 cm³/mol. The summed E-state index contributed by atoms with van der Waals surface area (Å²) in [4.78, 5) is 12.5. The zero-order valence-corrected chi connectivity index (χ0v) is 13.1. The molecule has 2 fully saturated rings. The van der Waals surface area contributed by atoms with Crippen LogP contribution >= 0.6 is 0 Å². The topological polar surface area (TPSA) is 59.0 Å². The zero-order valence-electron chi connectivity index (χ0n) is 13.1. The molecule has 4 rings (SSSR count). The third-order valence-corrected chi connectivity index (χ3v) is 5.21. The Morgan fingerprint density at radius 3 is 2.57 bits per heavy atom. The molecule has 1 aromatic heterocycles. The fourth-order valence-corrected chi connectivity index (χ4v) is 4.28. The molecule has 0 radical (unpaired) electrons. The zero-order chi connectivity index (χ0) is 14.8. The van der Waals surface area contributed by atoms with Gasteiger partial charge in [-0.1, -0.05) is 0 Å². The molecule has 2 N–H and O–H groups in total. The van der Waals surface area contributed by atoms with Gasteiger partial charge in [0.1, 0.15) is 0 Å². The Labute approximate surface area is 125 Å². The van der Waals surface area contributed by atoms with Crippen molar-refractivity contribution in [3.63, 3.8) is 0 Å². The van der Waals surface area contributed by atoms with Crippen molar-refractivity contribution in [2.24, 2.45) is 0 Å². The fraction of sp³-hybridized carbons (Fsp3) is 0.750. The van der Waals surface area contributed by atoms with Crippen LogP contribution in [-0.4, -0.2) is 33.3 Å². The molecule has 0 saturated carbocycles. The predicted octanol–water partition coefficient (Wildman–Crippen LogP) is 1.58. The van der Waals surface area contributed by atoms with Crippen LogP contribution < -0.4 is 10.6 Å². The summed E-state index contributed by atoms with van der Waals surface area (Å²) in [5, 5.41) is 11.5. The van der Waals surface area contributed by atoms with Crippen LogP contribution in [0.25, 0.3) is 0 Å². The standard InChI is InChI=1S/C16H24N4O/c1-15(2,3)20-9-10-6-16(18-14(21)13(10)19-20)7-11-4-5-12(8-16)17-11/h9,11-12,17H,4-8H2,1-3H3,(H,18,21). The molecule has 1 aromatic rings. The maximum absolute atomic E-state index is 12.5. The van der Waals surface area contributed by atoms with E-state index >= 15 is 0 Å². The summed E-state index contributed by atoms with van der Waals surface area (Å²) in [7, 11) is 0. The number of amides is 1. The Bertz CT molecular complexity index is 586. The summed E-state index contributed by atoms with van der Waals surface area (Å²) in [6.07, 6.45) is 7.61. The van der Waals surface area contributed by atoms with E-state index in [0.29, 0.717) is 17.8 Å². The molecule has 1 amide bonds. The van der Waals surface area contributed by atoms with Crippen LogP contribution in [0.3, 0.4) is 0 Å². The molecular weight excluding hydrogens is 264 g/mol. The van der Waals surface area contributed by atoms with Gasteiger partial charge in [0.2, 0.25) is 0 Å². The van der Waals surface area contributed by atoms with E-state index < -0.39 is 0 Å². The lowest BCUT2D eigenvalue weighted by Crippen LogP contribution is -2.61. The van der Waals surface area contributed by atoms with Crippen molar-refractivity contribution in [1.82, 2.24) is 20.4 Å². The van der Waals surface area contributed by atoms with Gasteiger partial charge in [-0.05, 0) is 52.9 Å². The van der Waals surface area contributed by atoms with Gasteiger partial charge in [0, 0.05) is 29.4 Å². The number of carbonyl (C=O) groups is 1. The fourth-order valence-electron chi connectivity index (χ4n) is 4.28. The van der Waals surface area contributed by atoms with Crippen molar-refractivity contribution in [2.75, 3.05) is 0 Å². The summed E-state index contributed by atoms with van der Waals surface area (Å²) in [6, 6.07) is 1.14. The first-order chi connectivity index (χ1) is 9.85. The number of aromatic nitrogens is 2. The molecule has 2 atom stereocenters. The van der Waals surface area contributed by atoms with Crippen LogP contribution in [0, 0.1) is 0 Å². The molecule has 2 saturated heterocycles. The lowest BCUT2D eigenvalue weighted by atomic mass is 9.77. The molecule has 2 unspecified atom stereocenters. The lowest BCUT2D eigenvalue weighted by molar-refractivity contribution is 0.0822. The van der Waals surface area contributed by atoms with E-state index in [4.69, 9.17) is 0 Å². The van der Waals surface area contributed by atoms with E-state index in [1.165, 1.54) is 12.8 Å². The summed E-state index contributed by atoms with van der Waals surface area (Å²) in [5.41, 5.74) is 1.61. The van der Waals surface area contributed by atoms with Gasteiger partial charge in [-0.2, -0.15) is 5.10 Å². The highest BCUT2D eigenvalue weighted by atomic mass is 16.2. The van der Waals surface area contributed by atoms with Crippen molar-refractivity contribution in [3.8, 4) is 0 Å². The Balaban J connectivity index is 1.69. The van der Waals surface area contributed by atoms with Crippen molar-refractivity contribution in [3.05, 3.63) is 17.5 Å². The number of hydrogen-bond acceptors (Lipinski definition) is 3. The minimum atomic E-state index is -0.0854. The largest absolute Gasteiger partial charge is 0.345 e. The number of hydrogen-bond donors (Lipinski definition) is 2. The smallest absolute Gasteiger partial charge is 0.272 e. The van der Waals surface area contributed by atoms with Gasteiger partial charge in [0.25, 0.3) is 5.91 Å². The second-order valence-corrected chi connectivity index (χ2v) is 8.08. The first-order valence-corrected chi connectivity index (χ1v) is 8.02. The van der Waals surface area contributed by atoms with Gasteiger partial charge in [-0.3, -0.25) is 9.48 Å². The van der Waals surface area contributed by atoms with Gasteiger partial charge >= 0.3 is 0 Å². The van der Waals surface area contributed by atoms with Gasteiger partial charge < -0.3 is 10.6 Å². The normalized spacial score (nSPS) is 34.9. The maximum atomic E-state index is 12.5. The first-order valence-electron chi connectivity index (χ1n) is 8.02. The Kier molecular flexibility index (Phi) is 2.60. The molecular formula is C16H24N4O. The number of nitrogens with one attached hydrogen (secondary N) is 2. The summed E-state index contributed by atoms with van der Waals surface area (Å²) in [5.74, 6) is 0.0144. The van der Waals surface area contributed by atoms with Crippen molar-refractivity contribution >= 4 is 5.91 Å². The van der Waals surface area contributed by atoms with Gasteiger partial charge in [-0.15, -0.1) is 0 Å². The highest BCUT2D eigenvalue weighted by Gasteiger charge is 2.47. The van der Waals surface area contributed by atoms with Gasteiger partial charge in [0.05, 0.1) is 5.54 Å². The van der Waals surface area contributed by atoms with Crippen LogP contribution in [0.5, 0.6) is 0 Å². The molecule has 1 spiro atoms. The van der Waals surface area contributed by atoms with Crippen molar-refractivity contribution in [2.45, 2.75) is 76.0 Å². The third kappa shape index (κ3) is 2.09. The minimum absolute atomic E-state index is 0.0144. The SMILES string of the molecule is CC(C)(C)n1cc2c(n1)C(=O)NC1(C2)CC2CCC(C1)N2. The van der Waals surface area contributed by atoms with Gasteiger partial charge in [-0.25, -0.2) is 0 Å².